The Morgan fingerprint density at radius 1 is 0.923 bits per heavy atom. The summed E-state index contributed by atoms with van der Waals surface area (Å²) >= 11 is 0. The van der Waals surface area contributed by atoms with Crippen molar-refractivity contribution in [3.05, 3.63) is 71.3 Å². The molecule has 1 unspecified atom stereocenters. The van der Waals surface area contributed by atoms with Crippen LogP contribution in [0, 0.1) is 5.92 Å². The molecule has 5 nitrogen and oxygen atoms in total. The molecule has 2 aromatic carbocycles. The van der Waals surface area contributed by atoms with Gasteiger partial charge in [0.25, 0.3) is 11.8 Å². The molecule has 1 heterocycles. The van der Waals surface area contributed by atoms with Crippen molar-refractivity contribution in [3.63, 3.8) is 0 Å². The van der Waals surface area contributed by atoms with E-state index in [4.69, 9.17) is 4.74 Å². The van der Waals surface area contributed by atoms with Gasteiger partial charge in [0, 0.05) is 0 Å². The third-order valence-electron chi connectivity index (χ3n) is 4.54. The van der Waals surface area contributed by atoms with E-state index in [2.05, 4.69) is 0 Å². The highest BCUT2D eigenvalue weighted by Crippen LogP contribution is 2.28. The van der Waals surface area contributed by atoms with E-state index in [0.29, 0.717) is 11.1 Å². The van der Waals surface area contributed by atoms with E-state index in [1.165, 1.54) is 0 Å². The molecular weight excluding hydrogens is 329 g/mol. The lowest BCUT2D eigenvalue weighted by atomic mass is 9.92. The van der Waals surface area contributed by atoms with Crippen LogP contribution in [0.3, 0.4) is 0 Å². The molecule has 0 fully saturated rings. The number of esters is 1. The van der Waals surface area contributed by atoms with Crippen molar-refractivity contribution in [1.29, 1.82) is 0 Å². The molecule has 2 amide bonds. The van der Waals surface area contributed by atoms with Gasteiger partial charge >= 0.3 is 5.97 Å². The predicted molar refractivity (Wildman–Crippen MR) is 99.4 cm³/mol. The van der Waals surface area contributed by atoms with Crippen molar-refractivity contribution in [3.8, 4) is 0 Å². The third-order valence-corrected chi connectivity index (χ3v) is 4.54. The quantitative estimate of drug-likeness (QED) is 0.472. The first-order valence-electron chi connectivity index (χ1n) is 8.64. The molecule has 0 bridgehead atoms. The van der Waals surface area contributed by atoms with Gasteiger partial charge in [-0.05, 0) is 23.6 Å². The fourth-order valence-electron chi connectivity index (χ4n) is 3.17. The van der Waals surface area contributed by atoms with Crippen LogP contribution >= 0.6 is 0 Å². The maximum absolute atomic E-state index is 12.8. The zero-order chi connectivity index (χ0) is 18.8. The van der Waals surface area contributed by atoms with Crippen LogP contribution in [-0.4, -0.2) is 36.6 Å². The topological polar surface area (TPSA) is 63.7 Å². The summed E-state index contributed by atoms with van der Waals surface area (Å²) < 4.78 is 5.58. The van der Waals surface area contributed by atoms with Gasteiger partial charge in [0.2, 0.25) is 0 Å². The second-order valence-corrected chi connectivity index (χ2v) is 6.70. The van der Waals surface area contributed by atoms with Crippen LogP contribution in [0.25, 0.3) is 0 Å². The number of carbonyl (C=O) groups is 3. The Hall–Kier alpha value is -2.89. The van der Waals surface area contributed by atoms with Gasteiger partial charge in [0.05, 0.1) is 17.1 Å². The second-order valence-electron chi connectivity index (χ2n) is 6.70. The Bertz CT molecular complexity index is 815. The molecular formula is C20H20BNO4. The first kappa shape index (κ1) is 17.9. The lowest BCUT2D eigenvalue weighted by Gasteiger charge is -2.29. The second kappa shape index (κ2) is 7.16. The molecule has 1 aliphatic heterocycles. The van der Waals surface area contributed by atoms with Gasteiger partial charge in [-0.2, -0.15) is 0 Å². The SMILES string of the molecule is BC(OC(=O)[C@@H](C(C)C)N1C(=O)c2ccccc2C1=O)c1ccccc1. The molecule has 0 radical (unpaired) electrons. The summed E-state index contributed by atoms with van der Waals surface area (Å²) in [6.07, 6.45) is 0. The molecule has 0 N–H and O–H groups in total. The zero-order valence-corrected chi connectivity index (χ0v) is 15.0. The summed E-state index contributed by atoms with van der Waals surface area (Å²) in [7, 11) is 1.77. The summed E-state index contributed by atoms with van der Waals surface area (Å²) in [6, 6.07) is 14.5. The monoisotopic (exact) mass is 349 g/mol. The molecule has 132 valence electrons. The minimum absolute atomic E-state index is 0.271. The Kier molecular flexibility index (Phi) is 4.93. The minimum atomic E-state index is -0.964. The number of benzene rings is 2. The molecule has 2 aromatic rings. The number of imide groups is 1. The van der Waals surface area contributed by atoms with Crippen molar-refractivity contribution in [1.82, 2.24) is 4.90 Å². The third kappa shape index (κ3) is 3.15. The predicted octanol–water partition coefficient (Wildman–Crippen LogP) is 2.18. The van der Waals surface area contributed by atoms with Crippen LogP contribution in [0.15, 0.2) is 54.6 Å². The number of amides is 2. The van der Waals surface area contributed by atoms with Gasteiger partial charge in [-0.25, -0.2) is 4.79 Å². The Labute approximate surface area is 153 Å². The molecule has 26 heavy (non-hydrogen) atoms. The molecule has 1 aliphatic rings. The maximum Gasteiger partial charge on any atom is 0.329 e. The van der Waals surface area contributed by atoms with Crippen molar-refractivity contribution in [2.75, 3.05) is 0 Å². The first-order chi connectivity index (χ1) is 12.4. The number of carbonyl (C=O) groups excluding carboxylic acids is 3. The van der Waals surface area contributed by atoms with Crippen LogP contribution in [0.5, 0.6) is 0 Å². The van der Waals surface area contributed by atoms with Crippen molar-refractivity contribution < 1.29 is 19.1 Å². The largest absolute Gasteiger partial charge is 0.466 e. The van der Waals surface area contributed by atoms with Gasteiger partial charge in [-0.3, -0.25) is 14.5 Å². The van der Waals surface area contributed by atoms with Crippen LogP contribution < -0.4 is 0 Å². The first-order valence-corrected chi connectivity index (χ1v) is 8.64. The Morgan fingerprint density at radius 3 is 1.92 bits per heavy atom. The lowest BCUT2D eigenvalue weighted by molar-refractivity contribution is -0.152. The molecule has 0 saturated heterocycles. The van der Waals surface area contributed by atoms with Crippen molar-refractivity contribution >= 4 is 25.6 Å². The van der Waals surface area contributed by atoms with Crippen LogP contribution in [0.2, 0.25) is 0 Å². The van der Waals surface area contributed by atoms with Crippen LogP contribution in [0.1, 0.15) is 46.1 Å². The molecule has 6 heteroatoms. The van der Waals surface area contributed by atoms with Gasteiger partial charge < -0.3 is 4.74 Å². The number of hydrogen-bond donors (Lipinski definition) is 0. The summed E-state index contributed by atoms with van der Waals surface area (Å²) in [5, 5.41) is 0. The highest BCUT2D eigenvalue weighted by Gasteiger charge is 2.44. The highest BCUT2D eigenvalue weighted by atomic mass is 16.5. The Morgan fingerprint density at radius 2 is 1.42 bits per heavy atom. The van der Waals surface area contributed by atoms with Crippen LogP contribution in [0.4, 0.5) is 0 Å². The van der Waals surface area contributed by atoms with E-state index in [-0.39, 0.29) is 5.92 Å². The summed E-state index contributed by atoms with van der Waals surface area (Å²) in [6.45, 7) is 3.59. The molecule has 3 rings (SSSR count). The highest BCUT2D eigenvalue weighted by molar-refractivity contribution is 6.22. The van der Waals surface area contributed by atoms with Gasteiger partial charge in [0.15, 0.2) is 7.85 Å². The summed E-state index contributed by atoms with van der Waals surface area (Å²) in [4.78, 5) is 39.3. The minimum Gasteiger partial charge on any atom is -0.466 e. The number of nitrogens with zero attached hydrogens (tertiary/aromatic N) is 1. The number of hydrogen-bond acceptors (Lipinski definition) is 4. The molecule has 0 aliphatic carbocycles. The average molecular weight is 349 g/mol. The molecule has 2 atom stereocenters. The summed E-state index contributed by atoms with van der Waals surface area (Å²) in [5.41, 5.74) is 1.50. The smallest absolute Gasteiger partial charge is 0.329 e. The van der Waals surface area contributed by atoms with Crippen LogP contribution in [-0.2, 0) is 9.53 Å². The molecule has 0 spiro atoms. The zero-order valence-electron chi connectivity index (χ0n) is 15.0. The van der Waals surface area contributed by atoms with Crippen molar-refractivity contribution in [2.45, 2.75) is 25.9 Å². The number of rotatable bonds is 5. The fraction of sp³-hybridized carbons (Fsp3) is 0.250. The van der Waals surface area contributed by atoms with Gasteiger partial charge in [0.1, 0.15) is 6.04 Å². The van der Waals surface area contributed by atoms with E-state index in [1.54, 1.807) is 46.0 Å². The Balaban J connectivity index is 1.85. The van der Waals surface area contributed by atoms with E-state index < -0.39 is 29.8 Å². The van der Waals surface area contributed by atoms with E-state index >= 15 is 0 Å². The molecule has 0 aromatic heterocycles. The van der Waals surface area contributed by atoms with E-state index in [1.807, 2.05) is 30.3 Å². The van der Waals surface area contributed by atoms with Gasteiger partial charge in [-0.15, -0.1) is 0 Å². The normalized spacial score (nSPS) is 15.7. The van der Waals surface area contributed by atoms with Crippen molar-refractivity contribution in [2.24, 2.45) is 5.92 Å². The summed E-state index contributed by atoms with van der Waals surface area (Å²) in [5.74, 6) is -1.75. The average Bonchev–Trinajstić information content (AvgIpc) is 2.88. The molecule has 0 saturated carbocycles. The number of fused-ring (bicyclic) bond motifs is 1. The van der Waals surface area contributed by atoms with E-state index in [9.17, 15) is 14.4 Å². The number of ether oxygens (including phenoxy) is 1. The van der Waals surface area contributed by atoms with E-state index in [0.717, 1.165) is 10.5 Å². The standard InChI is InChI=1S/C20H20BNO4/c1-12(2)16(20(25)26-17(21)13-8-4-3-5-9-13)22-18(23)14-10-6-7-11-15(14)19(22)24/h3-12,16-17H,21H2,1-2H3/t16-,17?/m1/s1. The van der Waals surface area contributed by atoms with Gasteiger partial charge in [-0.1, -0.05) is 56.3 Å². The fourth-order valence-corrected chi connectivity index (χ4v) is 3.17. The lowest BCUT2D eigenvalue weighted by Crippen LogP contribution is -2.49. The maximum atomic E-state index is 12.8.